The first-order chi connectivity index (χ1) is 21.7. The van der Waals surface area contributed by atoms with Gasteiger partial charge in [0, 0.05) is 5.57 Å². The van der Waals surface area contributed by atoms with Gasteiger partial charge in [-0.25, -0.2) is 4.79 Å². The third kappa shape index (κ3) is 11.6. The van der Waals surface area contributed by atoms with Crippen LogP contribution in [0.1, 0.15) is 34.6 Å². The molecule has 10 atom stereocenters. The lowest BCUT2D eigenvalue weighted by molar-refractivity contribution is -0.326. The van der Waals surface area contributed by atoms with Crippen LogP contribution in [0.5, 0.6) is 0 Å². The molecule has 256 valence electrons. The molecular weight excluding hydrogens is 604 g/mol. The van der Waals surface area contributed by atoms with Crippen LogP contribution >= 0.6 is 0 Å². The second kappa shape index (κ2) is 18.9. The summed E-state index contributed by atoms with van der Waals surface area (Å²) in [6.07, 6.45) is 1.70. The second-order valence-electron chi connectivity index (χ2n) is 11.1. The normalized spacial score (nSPS) is 33.7. The maximum Gasteiger partial charge on any atom is 0.336 e. The van der Waals surface area contributed by atoms with Gasteiger partial charge in [0.1, 0.15) is 48.8 Å². The number of rotatable bonds is 13. The van der Waals surface area contributed by atoms with Gasteiger partial charge in [-0.1, -0.05) is 71.9 Å². The number of Topliss-reactive ketones (excluding diaryl/α,β-unsaturated/α-hetero) is 1. The van der Waals surface area contributed by atoms with Crippen molar-refractivity contribution in [3.05, 3.63) is 83.1 Å². The summed E-state index contributed by atoms with van der Waals surface area (Å²) in [4.78, 5) is 23.9. The summed E-state index contributed by atoms with van der Waals surface area (Å²) in [6, 6.07) is 0. The van der Waals surface area contributed by atoms with E-state index in [0.29, 0.717) is 5.57 Å². The van der Waals surface area contributed by atoms with Gasteiger partial charge >= 0.3 is 5.97 Å². The van der Waals surface area contributed by atoms with E-state index in [1.165, 1.54) is 19.9 Å². The molecule has 0 aromatic heterocycles. The van der Waals surface area contributed by atoms with E-state index in [2.05, 4.69) is 0 Å². The molecule has 4 unspecified atom stereocenters. The minimum Gasteiger partial charge on any atom is -0.429 e. The Morgan fingerprint density at radius 3 is 1.61 bits per heavy atom. The smallest absolute Gasteiger partial charge is 0.336 e. The van der Waals surface area contributed by atoms with Crippen molar-refractivity contribution in [1.82, 2.24) is 0 Å². The molecule has 2 fully saturated rings. The lowest BCUT2D eigenvalue weighted by Gasteiger charge is -2.42. The first-order valence-corrected chi connectivity index (χ1v) is 14.7. The fourth-order valence-electron chi connectivity index (χ4n) is 4.14. The maximum atomic E-state index is 12.7. The van der Waals surface area contributed by atoms with Crippen molar-refractivity contribution in [2.45, 2.75) is 96.0 Å². The number of aliphatic hydroxyl groups is 7. The number of hydrogen-bond acceptors (Lipinski definition) is 13. The SMILES string of the molecule is CC(=O)/C(C)=C/C=C/C(C)=C/C=C/C=C(C)/C=C/C=C(\C)C(=O)O[C@@H]1OC(CO[C@@H]2OC(CO)[C@@H](O)[C@H](O)C2O)[C@@H](O)[C@H](O)C1O. The van der Waals surface area contributed by atoms with Gasteiger partial charge in [0.2, 0.25) is 6.29 Å². The van der Waals surface area contributed by atoms with Crippen molar-refractivity contribution >= 4 is 11.8 Å². The number of esters is 1. The summed E-state index contributed by atoms with van der Waals surface area (Å²) >= 11 is 0. The van der Waals surface area contributed by atoms with Crippen LogP contribution in [0.25, 0.3) is 0 Å². The molecular formula is C33H46O13. The zero-order chi connectivity index (χ0) is 34.6. The molecule has 0 aromatic carbocycles. The van der Waals surface area contributed by atoms with E-state index in [9.17, 15) is 45.3 Å². The first-order valence-electron chi connectivity index (χ1n) is 14.7. The molecule has 0 bridgehead atoms. The lowest BCUT2D eigenvalue weighted by Crippen LogP contribution is -2.61. The molecule has 0 aliphatic carbocycles. The molecule has 13 heteroatoms. The van der Waals surface area contributed by atoms with Crippen LogP contribution in [0.3, 0.4) is 0 Å². The van der Waals surface area contributed by atoms with Gasteiger partial charge in [-0.3, -0.25) is 4.79 Å². The number of aliphatic hydroxyl groups excluding tert-OH is 7. The van der Waals surface area contributed by atoms with Gasteiger partial charge in [-0.05, 0) is 40.2 Å². The van der Waals surface area contributed by atoms with E-state index < -0.39 is 80.6 Å². The van der Waals surface area contributed by atoms with E-state index >= 15 is 0 Å². The lowest BCUT2D eigenvalue weighted by atomic mass is 9.98. The van der Waals surface area contributed by atoms with E-state index in [1.807, 2.05) is 50.3 Å². The molecule has 0 aromatic rings. The van der Waals surface area contributed by atoms with Gasteiger partial charge < -0.3 is 54.7 Å². The zero-order valence-electron chi connectivity index (χ0n) is 26.5. The molecule has 2 heterocycles. The van der Waals surface area contributed by atoms with Gasteiger partial charge in [-0.15, -0.1) is 0 Å². The standard InChI is InChI=1S/C33H46O13/c1-18(12-8-14-20(3)22(5)35)10-6-7-11-19(2)13-9-15-21(4)31(42)46-33-30(41)28(39)26(37)24(45-33)17-43-32-29(40)27(38)25(36)23(16-34)44-32/h6-15,23-30,32-34,36-41H,16-17H2,1-5H3/b7-6+,12-8+,13-9+,18-10+,19-11+,20-14+,21-15+/t23?,24?,25-,26-,27+,28+,29?,30?,32-,33+/m1/s1. The Labute approximate surface area is 268 Å². The number of ketones is 1. The molecule has 46 heavy (non-hydrogen) atoms. The first kappa shape index (κ1) is 39.1. The van der Waals surface area contributed by atoms with Crippen molar-refractivity contribution in [3.63, 3.8) is 0 Å². The van der Waals surface area contributed by atoms with Crippen LogP contribution < -0.4 is 0 Å². The van der Waals surface area contributed by atoms with Crippen LogP contribution in [0, 0.1) is 0 Å². The van der Waals surface area contributed by atoms with Crippen LogP contribution in [0.4, 0.5) is 0 Å². The summed E-state index contributed by atoms with van der Waals surface area (Å²) in [7, 11) is 0. The molecule has 0 spiro atoms. The molecule has 0 amide bonds. The van der Waals surface area contributed by atoms with Gasteiger partial charge in [-0.2, -0.15) is 0 Å². The minimum absolute atomic E-state index is 0.0220. The molecule has 0 radical (unpaired) electrons. The predicted molar refractivity (Wildman–Crippen MR) is 166 cm³/mol. The Morgan fingerprint density at radius 2 is 1.09 bits per heavy atom. The molecule has 2 rings (SSSR count). The van der Waals surface area contributed by atoms with Gasteiger partial charge in [0.25, 0.3) is 0 Å². The minimum atomic E-state index is -1.79. The van der Waals surface area contributed by atoms with E-state index in [4.69, 9.17) is 18.9 Å². The summed E-state index contributed by atoms with van der Waals surface area (Å²) in [5.74, 6) is -0.844. The molecule has 2 aliphatic rings. The summed E-state index contributed by atoms with van der Waals surface area (Å²) in [6.45, 7) is 7.31. The number of hydrogen-bond donors (Lipinski definition) is 7. The van der Waals surface area contributed by atoms with Crippen LogP contribution in [0.15, 0.2) is 83.1 Å². The van der Waals surface area contributed by atoms with Crippen molar-refractivity contribution in [3.8, 4) is 0 Å². The highest BCUT2D eigenvalue weighted by Crippen LogP contribution is 2.26. The highest BCUT2D eigenvalue weighted by molar-refractivity contribution is 5.92. The average Bonchev–Trinajstić information content (AvgIpc) is 3.02. The molecule has 2 saturated heterocycles. The Morgan fingerprint density at radius 1 is 0.609 bits per heavy atom. The number of ether oxygens (including phenoxy) is 4. The number of carbonyl (C=O) groups excluding carboxylic acids is 2. The van der Waals surface area contributed by atoms with Crippen molar-refractivity contribution in [1.29, 1.82) is 0 Å². The van der Waals surface area contributed by atoms with Crippen LogP contribution in [-0.4, -0.2) is 122 Å². The average molecular weight is 651 g/mol. The Balaban J connectivity index is 1.94. The second-order valence-corrected chi connectivity index (χ2v) is 11.1. The van der Waals surface area contributed by atoms with E-state index in [0.717, 1.165) is 11.1 Å². The van der Waals surface area contributed by atoms with Crippen molar-refractivity contribution in [2.24, 2.45) is 0 Å². The molecule has 0 saturated carbocycles. The summed E-state index contributed by atoms with van der Waals surface area (Å²) < 4.78 is 21.3. The highest BCUT2D eigenvalue weighted by Gasteiger charge is 2.48. The fourth-order valence-corrected chi connectivity index (χ4v) is 4.14. The number of allylic oxidation sites excluding steroid dienone is 13. The van der Waals surface area contributed by atoms with Gasteiger partial charge in [0.05, 0.1) is 13.2 Å². The van der Waals surface area contributed by atoms with Crippen LogP contribution in [0.2, 0.25) is 0 Å². The fraction of sp³-hybridized carbons (Fsp3) is 0.515. The third-order valence-electron chi connectivity index (χ3n) is 7.28. The van der Waals surface area contributed by atoms with E-state index in [-0.39, 0.29) is 11.4 Å². The quantitative estimate of drug-likeness (QED) is 0.0807. The van der Waals surface area contributed by atoms with Gasteiger partial charge in [0.15, 0.2) is 12.1 Å². The highest BCUT2D eigenvalue weighted by atomic mass is 16.7. The Bertz CT molecular complexity index is 1240. The van der Waals surface area contributed by atoms with Crippen LogP contribution in [-0.2, 0) is 28.5 Å². The van der Waals surface area contributed by atoms with Crippen molar-refractivity contribution < 1.29 is 64.3 Å². The molecule has 7 N–H and O–H groups in total. The topological polar surface area (TPSA) is 213 Å². The molecule has 13 nitrogen and oxygen atoms in total. The summed E-state index contributed by atoms with van der Waals surface area (Å²) in [5, 5.41) is 70.3. The largest absolute Gasteiger partial charge is 0.429 e. The molecule has 2 aliphatic heterocycles. The summed E-state index contributed by atoms with van der Waals surface area (Å²) in [5.41, 5.74) is 2.68. The third-order valence-corrected chi connectivity index (χ3v) is 7.28. The zero-order valence-corrected chi connectivity index (χ0v) is 26.5. The Hall–Kier alpha value is -3.08. The maximum absolute atomic E-state index is 12.7. The Kier molecular flexibility index (Phi) is 16.1. The number of carbonyl (C=O) groups is 2. The van der Waals surface area contributed by atoms with Crippen molar-refractivity contribution in [2.75, 3.05) is 13.2 Å². The predicted octanol–water partition coefficient (Wildman–Crippen LogP) is 0.196. The monoisotopic (exact) mass is 650 g/mol. The van der Waals surface area contributed by atoms with E-state index in [1.54, 1.807) is 25.2 Å².